The number of carboxylic acids is 1. The Morgan fingerprint density at radius 3 is 2.78 bits per heavy atom. The van der Waals surface area contributed by atoms with Crippen LogP contribution in [0.2, 0.25) is 5.02 Å². The number of benzene rings is 2. The van der Waals surface area contributed by atoms with E-state index in [0.29, 0.717) is 17.1 Å². The molecule has 3 N–H and O–H groups in total. The highest BCUT2D eigenvalue weighted by Crippen LogP contribution is 2.38. The van der Waals surface area contributed by atoms with Gasteiger partial charge in [-0.25, -0.2) is 0 Å². The first kappa shape index (κ1) is 17.6. The number of nitrogens with one attached hydrogen (secondary N) is 2. The lowest BCUT2D eigenvalue weighted by Crippen LogP contribution is -2.41. The number of aliphatic carboxylic acids is 1. The number of aromatic nitrogens is 1. The molecule has 0 saturated carbocycles. The summed E-state index contributed by atoms with van der Waals surface area (Å²) in [5.74, 6) is -1.97. The van der Waals surface area contributed by atoms with Crippen LogP contribution in [-0.4, -0.2) is 28.0 Å². The van der Waals surface area contributed by atoms with Gasteiger partial charge in [-0.1, -0.05) is 42.8 Å². The molecule has 0 fully saturated rings. The predicted molar refractivity (Wildman–Crippen MR) is 104 cm³/mol. The van der Waals surface area contributed by atoms with Crippen molar-refractivity contribution in [3.05, 3.63) is 70.4 Å². The number of carbonyl (C=O) groups excluding carboxylic acids is 1. The van der Waals surface area contributed by atoms with Crippen molar-refractivity contribution in [1.29, 1.82) is 0 Å². The first-order chi connectivity index (χ1) is 12.9. The molecule has 5 nitrogen and oxygen atoms in total. The van der Waals surface area contributed by atoms with Crippen molar-refractivity contribution in [3.8, 4) is 0 Å². The third kappa shape index (κ3) is 3.19. The van der Waals surface area contributed by atoms with Crippen LogP contribution >= 0.6 is 11.6 Å². The van der Waals surface area contributed by atoms with Gasteiger partial charge < -0.3 is 15.4 Å². The van der Waals surface area contributed by atoms with E-state index in [0.717, 1.165) is 22.0 Å². The van der Waals surface area contributed by atoms with Crippen molar-refractivity contribution in [2.24, 2.45) is 5.92 Å². The highest BCUT2D eigenvalue weighted by atomic mass is 35.5. The molecule has 0 spiro atoms. The van der Waals surface area contributed by atoms with E-state index in [9.17, 15) is 14.7 Å². The number of hydrogen-bond donors (Lipinski definition) is 3. The van der Waals surface area contributed by atoms with Crippen molar-refractivity contribution in [3.63, 3.8) is 0 Å². The topological polar surface area (TPSA) is 82.2 Å². The van der Waals surface area contributed by atoms with Gasteiger partial charge in [-0.05, 0) is 41.8 Å². The van der Waals surface area contributed by atoms with Gasteiger partial charge in [0.25, 0.3) is 5.91 Å². The largest absolute Gasteiger partial charge is 0.481 e. The zero-order valence-electron chi connectivity index (χ0n) is 14.7. The quantitative estimate of drug-likeness (QED) is 0.638. The standard InChI is InChI=1S/C21H19ClN2O3/c1-11(21(26)27)19-15-5-3-2-4-12(15)9-17(19)24-20(25)18-10-13-8-14(22)6-7-16(13)23-18/h2-8,10-11,17,19,23H,9H2,1H3,(H,24,25)(H,26,27)/t11?,17?,19-/m1/s1. The van der Waals surface area contributed by atoms with Gasteiger partial charge in [-0.2, -0.15) is 0 Å². The monoisotopic (exact) mass is 382 g/mol. The van der Waals surface area contributed by atoms with Crippen LogP contribution in [0.5, 0.6) is 0 Å². The molecule has 2 aromatic carbocycles. The molecule has 0 saturated heterocycles. The van der Waals surface area contributed by atoms with Crippen LogP contribution in [0.15, 0.2) is 48.5 Å². The first-order valence-electron chi connectivity index (χ1n) is 8.84. The van der Waals surface area contributed by atoms with Gasteiger partial charge in [0.2, 0.25) is 0 Å². The number of carbonyl (C=O) groups is 2. The van der Waals surface area contributed by atoms with Gasteiger partial charge >= 0.3 is 5.97 Å². The smallest absolute Gasteiger partial charge is 0.306 e. The summed E-state index contributed by atoms with van der Waals surface area (Å²) < 4.78 is 0. The van der Waals surface area contributed by atoms with Crippen LogP contribution in [0.1, 0.15) is 34.5 Å². The lowest BCUT2D eigenvalue weighted by Gasteiger charge is -2.25. The number of halogens is 1. The van der Waals surface area contributed by atoms with E-state index in [1.165, 1.54) is 0 Å². The number of aromatic amines is 1. The molecular formula is C21H19ClN2O3. The number of hydrogen-bond acceptors (Lipinski definition) is 2. The molecule has 6 heteroatoms. The van der Waals surface area contributed by atoms with Gasteiger partial charge in [-0.15, -0.1) is 0 Å². The van der Waals surface area contributed by atoms with Crippen LogP contribution in [0, 0.1) is 5.92 Å². The summed E-state index contributed by atoms with van der Waals surface area (Å²) in [4.78, 5) is 27.5. The Morgan fingerprint density at radius 1 is 1.22 bits per heavy atom. The van der Waals surface area contributed by atoms with E-state index in [1.54, 1.807) is 25.1 Å². The minimum absolute atomic E-state index is 0.247. The molecule has 1 heterocycles. The van der Waals surface area contributed by atoms with Crippen molar-refractivity contribution in [2.75, 3.05) is 0 Å². The van der Waals surface area contributed by atoms with Crippen LogP contribution < -0.4 is 5.32 Å². The zero-order chi connectivity index (χ0) is 19.1. The maximum Gasteiger partial charge on any atom is 0.306 e. The molecule has 3 aromatic rings. The van der Waals surface area contributed by atoms with E-state index >= 15 is 0 Å². The summed E-state index contributed by atoms with van der Waals surface area (Å²) in [7, 11) is 0. The Morgan fingerprint density at radius 2 is 2.00 bits per heavy atom. The molecule has 27 heavy (non-hydrogen) atoms. The van der Waals surface area contributed by atoms with Gasteiger partial charge in [-0.3, -0.25) is 9.59 Å². The van der Waals surface area contributed by atoms with Crippen molar-refractivity contribution >= 4 is 34.4 Å². The average molecular weight is 383 g/mol. The summed E-state index contributed by atoms with van der Waals surface area (Å²) in [6.45, 7) is 1.69. The number of rotatable bonds is 4. The van der Waals surface area contributed by atoms with E-state index in [-0.39, 0.29) is 17.9 Å². The van der Waals surface area contributed by atoms with Crippen LogP contribution in [0.25, 0.3) is 10.9 Å². The van der Waals surface area contributed by atoms with Crippen LogP contribution in [-0.2, 0) is 11.2 Å². The third-order valence-corrected chi connectivity index (χ3v) is 5.59. The molecular weight excluding hydrogens is 364 g/mol. The highest BCUT2D eigenvalue weighted by Gasteiger charge is 2.39. The Kier molecular flexibility index (Phi) is 4.40. The van der Waals surface area contributed by atoms with Gasteiger partial charge in [0.1, 0.15) is 5.69 Å². The zero-order valence-corrected chi connectivity index (χ0v) is 15.5. The van der Waals surface area contributed by atoms with E-state index in [2.05, 4.69) is 10.3 Å². The van der Waals surface area contributed by atoms with Crippen molar-refractivity contribution in [1.82, 2.24) is 10.3 Å². The van der Waals surface area contributed by atoms with Crippen molar-refractivity contribution in [2.45, 2.75) is 25.3 Å². The fraction of sp³-hybridized carbons (Fsp3) is 0.238. The van der Waals surface area contributed by atoms with Gasteiger partial charge in [0.05, 0.1) is 5.92 Å². The van der Waals surface area contributed by atoms with Crippen molar-refractivity contribution < 1.29 is 14.7 Å². The molecule has 1 amide bonds. The molecule has 2 unspecified atom stereocenters. The Hall–Kier alpha value is -2.79. The van der Waals surface area contributed by atoms with E-state index in [4.69, 9.17) is 11.6 Å². The summed E-state index contributed by atoms with van der Waals surface area (Å²) in [6, 6.07) is 14.7. The molecule has 0 radical (unpaired) electrons. The molecule has 3 atom stereocenters. The molecule has 1 aliphatic rings. The highest BCUT2D eigenvalue weighted by molar-refractivity contribution is 6.31. The molecule has 0 aliphatic heterocycles. The SMILES string of the molecule is CC(C(=O)O)[C@@H]1c2ccccc2CC1NC(=O)c1cc2cc(Cl)ccc2[nH]1. The van der Waals surface area contributed by atoms with Crippen LogP contribution in [0.3, 0.4) is 0 Å². The minimum Gasteiger partial charge on any atom is -0.481 e. The first-order valence-corrected chi connectivity index (χ1v) is 9.21. The van der Waals surface area contributed by atoms with E-state index in [1.807, 2.05) is 30.3 Å². The van der Waals surface area contributed by atoms with E-state index < -0.39 is 11.9 Å². The number of carboxylic acid groups (broad SMARTS) is 1. The lowest BCUT2D eigenvalue weighted by molar-refractivity contribution is -0.142. The number of fused-ring (bicyclic) bond motifs is 2. The fourth-order valence-corrected chi connectivity index (χ4v) is 4.19. The molecule has 4 rings (SSSR count). The molecule has 138 valence electrons. The maximum absolute atomic E-state index is 12.8. The maximum atomic E-state index is 12.8. The summed E-state index contributed by atoms with van der Waals surface area (Å²) in [5, 5.41) is 14.0. The number of amides is 1. The summed E-state index contributed by atoms with van der Waals surface area (Å²) >= 11 is 6.01. The molecule has 1 aromatic heterocycles. The minimum atomic E-state index is -0.865. The van der Waals surface area contributed by atoms with Gasteiger partial charge in [0.15, 0.2) is 0 Å². The number of H-pyrrole nitrogens is 1. The fourth-order valence-electron chi connectivity index (χ4n) is 4.01. The Bertz CT molecular complexity index is 1040. The Labute approximate surface area is 161 Å². The summed E-state index contributed by atoms with van der Waals surface area (Å²) in [6.07, 6.45) is 0.621. The summed E-state index contributed by atoms with van der Waals surface area (Å²) in [5.41, 5.74) is 3.35. The molecule has 1 aliphatic carbocycles. The predicted octanol–water partition coefficient (Wildman–Crippen LogP) is 3.98. The second-order valence-electron chi connectivity index (χ2n) is 7.05. The van der Waals surface area contributed by atoms with Gasteiger partial charge in [0, 0.05) is 27.9 Å². The van der Waals surface area contributed by atoms with Crippen LogP contribution in [0.4, 0.5) is 0 Å². The third-order valence-electron chi connectivity index (χ3n) is 5.36. The average Bonchev–Trinajstić information content (AvgIpc) is 3.21. The Balaban J connectivity index is 1.62. The second kappa shape index (κ2) is 6.74. The molecule has 0 bridgehead atoms. The lowest BCUT2D eigenvalue weighted by atomic mass is 9.86. The normalized spacial score (nSPS) is 19.6. The second-order valence-corrected chi connectivity index (χ2v) is 7.49.